The number of nitrogens with zero attached hydrogens (tertiary/aromatic N) is 2. The fourth-order valence-corrected chi connectivity index (χ4v) is 2.17. The van der Waals surface area contributed by atoms with Crippen LogP contribution in [0.15, 0.2) is 58.8 Å². The minimum absolute atomic E-state index is 0.220. The summed E-state index contributed by atoms with van der Waals surface area (Å²) < 4.78 is 0. The van der Waals surface area contributed by atoms with Crippen molar-refractivity contribution in [2.24, 2.45) is 10.3 Å². The molecule has 0 heterocycles. The summed E-state index contributed by atoms with van der Waals surface area (Å²) in [5.41, 5.74) is 3.58. The van der Waals surface area contributed by atoms with Gasteiger partial charge < -0.3 is 5.21 Å². The van der Waals surface area contributed by atoms with E-state index in [0.717, 1.165) is 6.21 Å². The SMILES string of the molecule is O=C(N/N=C(\C=N\O)c1ccccc1)c1ccc(Cl)cc1Cl. The Morgan fingerprint density at radius 1 is 1.14 bits per heavy atom. The molecule has 2 N–H and O–H groups in total. The standard InChI is InChI=1S/C15H11Cl2N3O2/c16-11-6-7-12(13(17)8-11)15(21)20-19-14(9-18-22)10-4-2-1-3-5-10/h1-9,22H,(H,20,21)/b18-9+,19-14+. The van der Waals surface area contributed by atoms with E-state index in [2.05, 4.69) is 15.7 Å². The van der Waals surface area contributed by atoms with Gasteiger partial charge in [-0.05, 0) is 18.2 Å². The molecule has 0 radical (unpaired) electrons. The topological polar surface area (TPSA) is 74.0 Å². The lowest BCUT2D eigenvalue weighted by Gasteiger charge is -2.05. The molecule has 0 saturated heterocycles. The molecule has 112 valence electrons. The van der Waals surface area contributed by atoms with E-state index in [1.165, 1.54) is 12.1 Å². The number of rotatable bonds is 4. The molecule has 0 unspecified atom stereocenters. The average molecular weight is 336 g/mol. The van der Waals surface area contributed by atoms with E-state index in [1.807, 2.05) is 6.07 Å². The molecule has 0 aliphatic rings. The van der Waals surface area contributed by atoms with Gasteiger partial charge >= 0.3 is 0 Å². The largest absolute Gasteiger partial charge is 0.411 e. The summed E-state index contributed by atoms with van der Waals surface area (Å²) in [5.74, 6) is -0.499. The number of carbonyl (C=O) groups is 1. The first-order chi connectivity index (χ1) is 10.6. The number of hydrogen-bond donors (Lipinski definition) is 2. The minimum Gasteiger partial charge on any atom is -0.411 e. The molecule has 1 amide bonds. The average Bonchev–Trinajstić information content (AvgIpc) is 2.52. The minimum atomic E-state index is -0.499. The number of benzene rings is 2. The highest BCUT2D eigenvalue weighted by molar-refractivity contribution is 6.38. The summed E-state index contributed by atoms with van der Waals surface area (Å²) in [6.07, 6.45) is 1.12. The fraction of sp³-hybridized carbons (Fsp3) is 0. The molecule has 0 aromatic heterocycles. The van der Waals surface area contributed by atoms with Crippen molar-refractivity contribution in [1.29, 1.82) is 0 Å². The van der Waals surface area contributed by atoms with Crippen molar-refractivity contribution >= 4 is 41.0 Å². The van der Waals surface area contributed by atoms with Gasteiger partial charge in [0.2, 0.25) is 0 Å². The molecule has 2 rings (SSSR count). The summed E-state index contributed by atoms with van der Waals surface area (Å²) in [6.45, 7) is 0. The van der Waals surface area contributed by atoms with Gasteiger partial charge in [-0.15, -0.1) is 0 Å². The number of hydrogen-bond acceptors (Lipinski definition) is 4. The van der Waals surface area contributed by atoms with Gasteiger partial charge in [0.1, 0.15) is 5.71 Å². The van der Waals surface area contributed by atoms with Gasteiger partial charge in [0.15, 0.2) is 0 Å². The van der Waals surface area contributed by atoms with Crippen LogP contribution in [0.2, 0.25) is 10.0 Å². The lowest BCUT2D eigenvalue weighted by Crippen LogP contribution is -2.21. The monoisotopic (exact) mass is 335 g/mol. The van der Waals surface area contributed by atoms with Gasteiger partial charge in [-0.2, -0.15) is 5.10 Å². The van der Waals surface area contributed by atoms with E-state index in [9.17, 15) is 4.79 Å². The first-order valence-electron chi connectivity index (χ1n) is 6.17. The van der Waals surface area contributed by atoms with E-state index < -0.39 is 5.91 Å². The van der Waals surface area contributed by atoms with Crippen LogP contribution in [0.4, 0.5) is 0 Å². The number of nitrogens with one attached hydrogen (secondary N) is 1. The maximum absolute atomic E-state index is 12.1. The summed E-state index contributed by atoms with van der Waals surface area (Å²) in [5, 5.41) is 16.2. The van der Waals surface area contributed by atoms with Crippen molar-refractivity contribution in [2.45, 2.75) is 0 Å². The van der Waals surface area contributed by atoms with Crippen LogP contribution in [-0.4, -0.2) is 23.0 Å². The number of oxime groups is 1. The van der Waals surface area contributed by atoms with E-state index in [0.29, 0.717) is 16.3 Å². The second-order valence-corrected chi connectivity index (χ2v) is 5.02. The third kappa shape index (κ3) is 4.07. The molecule has 0 aliphatic carbocycles. The predicted octanol–water partition coefficient (Wildman–Crippen LogP) is 3.59. The molecule has 0 fully saturated rings. The first-order valence-corrected chi connectivity index (χ1v) is 6.93. The zero-order valence-corrected chi connectivity index (χ0v) is 12.7. The number of hydrazone groups is 1. The van der Waals surface area contributed by atoms with E-state index >= 15 is 0 Å². The van der Waals surface area contributed by atoms with Gasteiger partial charge in [0.05, 0.1) is 16.8 Å². The second-order valence-electron chi connectivity index (χ2n) is 4.17. The maximum Gasteiger partial charge on any atom is 0.272 e. The Hall–Kier alpha value is -2.37. The van der Waals surface area contributed by atoms with Crippen LogP contribution in [0.1, 0.15) is 15.9 Å². The Balaban J connectivity index is 2.22. The molecule has 0 spiro atoms. The first kappa shape index (κ1) is 16.0. The van der Waals surface area contributed by atoms with Gasteiger partial charge in [-0.3, -0.25) is 4.79 Å². The van der Waals surface area contributed by atoms with Gasteiger partial charge in [0, 0.05) is 10.6 Å². The molecule has 0 aliphatic heterocycles. The van der Waals surface area contributed by atoms with Crippen molar-refractivity contribution in [3.05, 3.63) is 69.7 Å². The fourth-order valence-electron chi connectivity index (χ4n) is 1.68. The quantitative estimate of drug-likeness (QED) is 0.509. The third-order valence-corrected chi connectivity index (χ3v) is 3.25. The molecule has 2 aromatic carbocycles. The van der Waals surface area contributed by atoms with Crippen LogP contribution in [0.25, 0.3) is 0 Å². The highest BCUT2D eigenvalue weighted by Crippen LogP contribution is 2.20. The van der Waals surface area contributed by atoms with Crippen molar-refractivity contribution in [1.82, 2.24) is 5.43 Å². The number of halogens is 2. The van der Waals surface area contributed by atoms with E-state index in [1.54, 1.807) is 30.3 Å². The summed E-state index contributed by atoms with van der Waals surface area (Å²) >= 11 is 11.7. The molecule has 22 heavy (non-hydrogen) atoms. The molecule has 7 heteroatoms. The number of amides is 1. The Labute approximate surface area is 136 Å². The third-order valence-electron chi connectivity index (χ3n) is 2.70. The van der Waals surface area contributed by atoms with Crippen LogP contribution in [0.5, 0.6) is 0 Å². The Morgan fingerprint density at radius 3 is 2.50 bits per heavy atom. The lowest BCUT2D eigenvalue weighted by atomic mass is 10.1. The van der Waals surface area contributed by atoms with Crippen molar-refractivity contribution < 1.29 is 10.0 Å². The van der Waals surface area contributed by atoms with Gasteiger partial charge in [-0.25, -0.2) is 5.43 Å². The molecular formula is C15H11Cl2N3O2. The zero-order valence-electron chi connectivity index (χ0n) is 11.2. The highest BCUT2D eigenvalue weighted by Gasteiger charge is 2.10. The van der Waals surface area contributed by atoms with Crippen molar-refractivity contribution in [3.8, 4) is 0 Å². The van der Waals surface area contributed by atoms with Crippen molar-refractivity contribution in [2.75, 3.05) is 0 Å². The highest BCUT2D eigenvalue weighted by atomic mass is 35.5. The van der Waals surface area contributed by atoms with Crippen LogP contribution in [0.3, 0.4) is 0 Å². The molecular weight excluding hydrogens is 325 g/mol. The van der Waals surface area contributed by atoms with Crippen LogP contribution < -0.4 is 5.43 Å². The molecule has 5 nitrogen and oxygen atoms in total. The zero-order chi connectivity index (χ0) is 15.9. The van der Waals surface area contributed by atoms with E-state index in [4.69, 9.17) is 28.4 Å². The summed E-state index contributed by atoms with van der Waals surface area (Å²) in [6, 6.07) is 13.5. The molecule has 0 bridgehead atoms. The van der Waals surface area contributed by atoms with Crippen molar-refractivity contribution in [3.63, 3.8) is 0 Å². The van der Waals surface area contributed by atoms with E-state index in [-0.39, 0.29) is 10.6 Å². The molecule has 0 saturated carbocycles. The molecule has 2 aromatic rings. The Morgan fingerprint density at radius 2 is 1.86 bits per heavy atom. The van der Waals surface area contributed by atoms with Crippen LogP contribution in [0, 0.1) is 0 Å². The second kappa shape index (κ2) is 7.59. The lowest BCUT2D eigenvalue weighted by molar-refractivity contribution is 0.0955. The number of carbonyl (C=O) groups excluding carboxylic acids is 1. The molecule has 0 atom stereocenters. The smallest absolute Gasteiger partial charge is 0.272 e. The Kier molecular flexibility index (Phi) is 5.52. The maximum atomic E-state index is 12.1. The Bertz CT molecular complexity index is 731. The predicted molar refractivity (Wildman–Crippen MR) is 87.2 cm³/mol. The van der Waals surface area contributed by atoms with Crippen LogP contribution in [-0.2, 0) is 0 Å². The summed E-state index contributed by atoms with van der Waals surface area (Å²) in [4.78, 5) is 12.1. The van der Waals surface area contributed by atoms with Gasteiger partial charge in [0.25, 0.3) is 5.91 Å². The normalized spacial score (nSPS) is 11.6. The van der Waals surface area contributed by atoms with Gasteiger partial charge in [-0.1, -0.05) is 58.7 Å². The summed E-state index contributed by atoms with van der Waals surface area (Å²) in [7, 11) is 0. The van der Waals surface area contributed by atoms with Crippen LogP contribution >= 0.6 is 23.2 Å².